The van der Waals surface area contributed by atoms with E-state index in [0.29, 0.717) is 0 Å². The van der Waals surface area contributed by atoms with E-state index < -0.39 is 0 Å². The summed E-state index contributed by atoms with van der Waals surface area (Å²) in [4.78, 5) is 5.56. The van der Waals surface area contributed by atoms with Crippen molar-refractivity contribution in [3.63, 3.8) is 0 Å². The molecular weight excluding hydrogens is 242 g/mol. The lowest BCUT2D eigenvalue weighted by atomic mass is 10.1. The summed E-state index contributed by atoms with van der Waals surface area (Å²) in [5.41, 5.74) is 11.1. The Morgan fingerprint density at radius 3 is 2.89 bits per heavy atom. The summed E-state index contributed by atoms with van der Waals surface area (Å²) >= 11 is 1.71. The van der Waals surface area contributed by atoms with Gasteiger partial charge in [0, 0.05) is 17.1 Å². The van der Waals surface area contributed by atoms with Crippen molar-refractivity contribution in [2.75, 3.05) is 12.3 Å². The quantitative estimate of drug-likeness (QED) is 0.621. The molecule has 2 aromatic rings. The number of benzene rings is 1. The standard InChI is InChI=1S/C14H19N3S/c1-11-14(18-10-17-11)9-16-8-4-6-12-5-2-3-7-13(12)15/h2-3,5,7,10,16H,4,6,8-9,15H2,1H3. The third kappa shape index (κ3) is 3.55. The molecule has 2 rings (SSSR count). The number of aryl methyl sites for hydroxylation is 2. The molecule has 0 fully saturated rings. The normalized spacial score (nSPS) is 10.7. The summed E-state index contributed by atoms with van der Waals surface area (Å²) in [5, 5.41) is 3.45. The van der Waals surface area contributed by atoms with Crippen molar-refractivity contribution in [2.24, 2.45) is 0 Å². The van der Waals surface area contributed by atoms with Gasteiger partial charge in [-0.1, -0.05) is 18.2 Å². The molecule has 0 saturated carbocycles. The lowest BCUT2D eigenvalue weighted by molar-refractivity contribution is 0.652. The molecule has 18 heavy (non-hydrogen) atoms. The molecule has 3 nitrogen and oxygen atoms in total. The van der Waals surface area contributed by atoms with E-state index in [1.807, 2.05) is 23.7 Å². The smallest absolute Gasteiger partial charge is 0.0798 e. The molecule has 1 aromatic carbocycles. The van der Waals surface area contributed by atoms with E-state index in [1.165, 1.54) is 10.4 Å². The number of aromatic nitrogens is 1. The van der Waals surface area contributed by atoms with Gasteiger partial charge in [0.15, 0.2) is 0 Å². The van der Waals surface area contributed by atoms with E-state index in [9.17, 15) is 0 Å². The highest BCUT2D eigenvalue weighted by molar-refractivity contribution is 7.09. The Morgan fingerprint density at radius 2 is 2.17 bits per heavy atom. The number of para-hydroxylation sites is 1. The van der Waals surface area contributed by atoms with Crippen molar-refractivity contribution in [3.05, 3.63) is 45.9 Å². The molecule has 1 aromatic heterocycles. The average Bonchev–Trinajstić information content (AvgIpc) is 2.77. The first kappa shape index (κ1) is 13.1. The van der Waals surface area contributed by atoms with Crippen LogP contribution in [-0.2, 0) is 13.0 Å². The van der Waals surface area contributed by atoms with E-state index in [0.717, 1.165) is 37.3 Å². The van der Waals surface area contributed by atoms with Gasteiger partial charge in [-0.05, 0) is 37.9 Å². The van der Waals surface area contributed by atoms with Gasteiger partial charge in [-0.3, -0.25) is 0 Å². The van der Waals surface area contributed by atoms with Crippen molar-refractivity contribution in [3.8, 4) is 0 Å². The first-order valence-corrected chi connectivity index (χ1v) is 7.08. The fourth-order valence-corrected chi connectivity index (χ4v) is 2.61. The van der Waals surface area contributed by atoms with Gasteiger partial charge in [-0.2, -0.15) is 0 Å². The number of nitrogens with one attached hydrogen (secondary N) is 1. The van der Waals surface area contributed by atoms with E-state index >= 15 is 0 Å². The van der Waals surface area contributed by atoms with Crippen molar-refractivity contribution in [2.45, 2.75) is 26.3 Å². The molecule has 0 radical (unpaired) electrons. The zero-order chi connectivity index (χ0) is 12.8. The molecule has 0 saturated heterocycles. The fourth-order valence-electron chi connectivity index (χ4n) is 1.86. The Labute approximate surface area is 112 Å². The summed E-state index contributed by atoms with van der Waals surface area (Å²) < 4.78 is 0. The number of thiazole rings is 1. The number of nitrogens with zero attached hydrogens (tertiary/aromatic N) is 1. The van der Waals surface area contributed by atoms with Gasteiger partial charge in [0.1, 0.15) is 0 Å². The number of nitrogen functional groups attached to an aromatic ring is 1. The molecule has 0 amide bonds. The van der Waals surface area contributed by atoms with Crippen molar-refractivity contribution in [1.29, 1.82) is 0 Å². The first-order chi connectivity index (χ1) is 8.77. The van der Waals surface area contributed by atoms with Crippen LogP contribution in [0, 0.1) is 6.92 Å². The zero-order valence-corrected chi connectivity index (χ0v) is 11.5. The maximum atomic E-state index is 5.91. The van der Waals surface area contributed by atoms with Gasteiger partial charge >= 0.3 is 0 Å². The minimum atomic E-state index is 0.899. The van der Waals surface area contributed by atoms with Gasteiger partial charge in [0.2, 0.25) is 0 Å². The minimum Gasteiger partial charge on any atom is -0.399 e. The number of hydrogen-bond donors (Lipinski definition) is 2. The molecule has 0 bridgehead atoms. The molecule has 0 aliphatic rings. The van der Waals surface area contributed by atoms with Crippen molar-refractivity contribution < 1.29 is 0 Å². The lowest BCUT2D eigenvalue weighted by Crippen LogP contribution is -2.15. The van der Waals surface area contributed by atoms with Gasteiger partial charge < -0.3 is 11.1 Å². The summed E-state index contributed by atoms with van der Waals surface area (Å²) in [6.07, 6.45) is 2.13. The van der Waals surface area contributed by atoms with E-state index in [1.54, 1.807) is 11.3 Å². The Morgan fingerprint density at radius 1 is 1.33 bits per heavy atom. The van der Waals surface area contributed by atoms with Crippen LogP contribution in [-0.4, -0.2) is 11.5 Å². The Balaban J connectivity index is 1.68. The Kier molecular flexibility index (Phi) is 4.73. The highest BCUT2D eigenvalue weighted by Crippen LogP contribution is 2.13. The molecule has 0 atom stereocenters. The van der Waals surface area contributed by atoms with Gasteiger partial charge in [-0.25, -0.2) is 4.98 Å². The van der Waals surface area contributed by atoms with Crippen LogP contribution in [0.25, 0.3) is 0 Å². The maximum absolute atomic E-state index is 5.91. The third-order valence-corrected chi connectivity index (χ3v) is 3.92. The van der Waals surface area contributed by atoms with E-state index in [-0.39, 0.29) is 0 Å². The predicted molar refractivity (Wildman–Crippen MR) is 77.7 cm³/mol. The van der Waals surface area contributed by atoms with Crippen molar-refractivity contribution in [1.82, 2.24) is 10.3 Å². The number of rotatable bonds is 6. The summed E-state index contributed by atoms with van der Waals surface area (Å²) in [5.74, 6) is 0. The van der Waals surface area contributed by atoms with Crippen LogP contribution < -0.4 is 11.1 Å². The Bertz CT molecular complexity index is 493. The molecular formula is C14H19N3S. The predicted octanol–water partition coefficient (Wildman–Crippen LogP) is 2.76. The molecule has 4 heteroatoms. The first-order valence-electron chi connectivity index (χ1n) is 6.20. The van der Waals surface area contributed by atoms with Crippen LogP contribution in [0.4, 0.5) is 5.69 Å². The molecule has 0 aliphatic carbocycles. The van der Waals surface area contributed by atoms with E-state index in [2.05, 4.69) is 23.3 Å². The molecule has 3 N–H and O–H groups in total. The van der Waals surface area contributed by atoms with Crippen LogP contribution in [0.5, 0.6) is 0 Å². The molecule has 96 valence electrons. The van der Waals surface area contributed by atoms with Gasteiger partial charge in [0.25, 0.3) is 0 Å². The van der Waals surface area contributed by atoms with Crippen molar-refractivity contribution >= 4 is 17.0 Å². The van der Waals surface area contributed by atoms with E-state index in [4.69, 9.17) is 5.73 Å². The number of hydrogen-bond acceptors (Lipinski definition) is 4. The summed E-state index contributed by atoms with van der Waals surface area (Å²) in [6.45, 7) is 3.98. The zero-order valence-electron chi connectivity index (χ0n) is 10.6. The fraction of sp³-hybridized carbons (Fsp3) is 0.357. The van der Waals surface area contributed by atoms with Crippen LogP contribution in [0.2, 0.25) is 0 Å². The second-order valence-electron chi connectivity index (χ2n) is 4.34. The van der Waals surface area contributed by atoms with Gasteiger partial charge in [0.05, 0.1) is 11.2 Å². The minimum absolute atomic E-state index is 0.899. The van der Waals surface area contributed by atoms with Crippen LogP contribution in [0.3, 0.4) is 0 Å². The number of nitrogens with two attached hydrogens (primary N) is 1. The summed E-state index contributed by atoms with van der Waals surface area (Å²) in [6, 6.07) is 8.08. The van der Waals surface area contributed by atoms with Gasteiger partial charge in [-0.15, -0.1) is 11.3 Å². The Hall–Kier alpha value is -1.39. The van der Waals surface area contributed by atoms with Crippen LogP contribution >= 0.6 is 11.3 Å². The monoisotopic (exact) mass is 261 g/mol. The highest BCUT2D eigenvalue weighted by atomic mass is 32.1. The lowest BCUT2D eigenvalue weighted by Gasteiger charge is -2.06. The number of anilines is 1. The maximum Gasteiger partial charge on any atom is 0.0798 e. The van der Waals surface area contributed by atoms with Crippen LogP contribution in [0.15, 0.2) is 29.8 Å². The summed E-state index contributed by atoms with van der Waals surface area (Å²) in [7, 11) is 0. The molecule has 0 spiro atoms. The SMILES string of the molecule is Cc1ncsc1CNCCCc1ccccc1N. The highest BCUT2D eigenvalue weighted by Gasteiger charge is 2.01. The molecule has 1 heterocycles. The second kappa shape index (κ2) is 6.52. The third-order valence-electron chi connectivity index (χ3n) is 2.99. The second-order valence-corrected chi connectivity index (χ2v) is 5.28. The molecule has 0 aliphatic heterocycles. The largest absolute Gasteiger partial charge is 0.399 e. The van der Waals surface area contributed by atoms with Crippen LogP contribution in [0.1, 0.15) is 22.6 Å². The average molecular weight is 261 g/mol. The molecule has 0 unspecified atom stereocenters. The topological polar surface area (TPSA) is 50.9 Å².